The number of thiazole rings is 1. The molecule has 0 fully saturated rings. The lowest BCUT2D eigenvalue weighted by Gasteiger charge is -2.17. The summed E-state index contributed by atoms with van der Waals surface area (Å²) in [4.78, 5) is 34.4. The number of hydrogen-bond acceptors (Lipinski definition) is 6. The Bertz CT molecular complexity index is 974. The average Bonchev–Trinajstić information content (AvgIpc) is 3.21. The van der Waals surface area contributed by atoms with Gasteiger partial charge >= 0.3 is 5.97 Å². The normalized spacial score (nSPS) is 10.3. The number of hydrogen-bond donors (Lipinski definition) is 0. The van der Waals surface area contributed by atoms with Crippen molar-refractivity contribution >= 4 is 39.9 Å². The molecule has 0 saturated carbocycles. The van der Waals surface area contributed by atoms with Crippen LogP contribution in [0.15, 0.2) is 66.7 Å². The molecule has 2 heterocycles. The summed E-state index contributed by atoms with van der Waals surface area (Å²) in [6.45, 7) is 3.51. The van der Waals surface area contributed by atoms with Crippen molar-refractivity contribution in [2.24, 2.45) is 0 Å². The summed E-state index contributed by atoms with van der Waals surface area (Å²) in [6, 6.07) is 12.6. The SMILES string of the molecule is C=CCN(C(=O)COC(=O)c1ccc(Cl)nc1)c1nc(-c2ccccc2)cs1. The third-order valence-electron chi connectivity index (χ3n) is 3.70. The number of ether oxygens (including phenoxy) is 1. The van der Waals surface area contributed by atoms with Gasteiger partial charge < -0.3 is 4.74 Å². The molecule has 6 nitrogen and oxygen atoms in total. The zero-order valence-electron chi connectivity index (χ0n) is 14.7. The van der Waals surface area contributed by atoms with Crippen molar-refractivity contribution in [1.82, 2.24) is 9.97 Å². The van der Waals surface area contributed by atoms with E-state index in [1.165, 1.54) is 34.6 Å². The Morgan fingerprint density at radius 1 is 1.21 bits per heavy atom. The molecule has 8 heteroatoms. The zero-order valence-corrected chi connectivity index (χ0v) is 16.3. The predicted molar refractivity (Wildman–Crippen MR) is 110 cm³/mol. The number of amides is 1. The maximum absolute atomic E-state index is 12.6. The highest BCUT2D eigenvalue weighted by atomic mass is 35.5. The van der Waals surface area contributed by atoms with E-state index in [1.54, 1.807) is 6.08 Å². The van der Waals surface area contributed by atoms with Crippen LogP contribution in [0.3, 0.4) is 0 Å². The van der Waals surface area contributed by atoms with Crippen molar-refractivity contribution in [2.45, 2.75) is 0 Å². The van der Waals surface area contributed by atoms with Crippen LogP contribution in [-0.2, 0) is 9.53 Å². The van der Waals surface area contributed by atoms with Crippen LogP contribution in [0.4, 0.5) is 5.13 Å². The Morgan fingerprint density at radius 3 is 2.68 bits per heavy atom. The van der Waals surface area contributed by atoms with E-state index in [0.29, 0.717) is 5.13 Å². The number of benzene rings is 1. The van der Waals surface area contributed by atoms with Crippen LogP contribution in [0.2, 0.25) is 5.15 Å². The van der Waals surface area contributed by atoms with E-state index >= 15 is 0 Å². The minimum atomic E-state index is -0.653. The summed E-state index contributed by atoms with van der Waals surface area (Å²) in [5.74, 6) is -1.05. The summed E-state index contributed by atoms with van der Waals surface area (Å²) < 4.78 is 5.10. The van der Waals surface area contributed by atoms with Crippen LogP contribution >= 0.6 is 22.9 Å². The molecule has 0 aliphatic carbocycles. The smallest absolute Gasteiger partial charge is 0.340 e. The molecule has 0 aliphatic heterocycles. The number of halogens is 1. The number of nitrogens with zero attached hydrogens (tertiary/aromatic N) is 3. The van der Waals surface area contributed by atoms with Crippen molar-refractivity contribution in [3.05, 3.63) is 77.4 Å². The highest BCUT2D eigenvalue weighted by molar-refractivity contribution is 7.14. The summed E-state index contributed by atoms with van der Waals surface area (Å²) in [6.07, 6.45) is 2.88. The quantitative estimate of drug-likeness (QED) is 0.329. The lowest BCUT2D eigenvalue weighted by molar-refractivity contribution is -0.121. The van der Waals surface area contributed by atoms with E-state index in [9.17, 15) is 9.59 Å². The van der Waals surface area contributed by atoms with Gasteiger partial charge in [-0.25, -0.2) is 14.8 Å². The molecule has 1 amide bonds. The van der Waals surface area contributed by atoms with E-state index < -0.39 is 18.5 Å². The molecule has 0 radical (unpaired) electrons. The van der Waals surface area contributed by atoms with Crippen LogP contribution in [0, 0.1) is 0 Å². The number of carbonyl (C=O) groups is 2. The molecule has 2 aromatic heterocycles. The molecular formula is C20H16ClN3O3S. The molecule has 28 heavy (non-hydrogen) atoms. The molecule has 0 saturated heterocycles. The topological polar surface area (TPSA) is 72.4 Å². The molecule has 0 spiro atoms. The summed E-state index contributed by atoms with van der Waals surface area (Å²) in [7, 11) is 0. The molecule has 0 atom stereocenters. The van der Waals surface area contributed by atoms with Gasteiger partial charge in [0.1, 0.15) is 5.15 Å². The monoisotopic (exact) mass is 413 g/mol. The zero-order chi connectivity index (χ0) is 19.9. The van der Waals surface area contributed by atoms with Crippen molar-refractivity contribution in [3.63, 3.8) is 0 Å². The average molecular weight is 414 g/mol. The van der Waals surface area contributed by atoms with Crippen molar-refractivity contribution in [1.29, 1.82) is 0 Å². The van der Waals surface area contributed by atoms with Gasteiger partial charge in [-0.2, -0.15) is 0 Å². The van der Waals surface area contributed by atoms with Gasteiger partial charge in [-0.15, -0.1) is 17.9 Å². The van der Waals surface area contributed by atoms with Gasteiger partial charge in [-0.05, 0) is 12.1 Å². The van der Waals surface area contributed by atoms with E-state index in [2.05, 4.69) is 16.5 Å². The molecule has 0 N–H and O–H groups in total. The molecule has 3 rings (SSSR count). The molecule has 0 bridgehead atoms. The van der Waals surface area contributed by atoms with Crippen LogP contribution in [-0.4, -0.2) is 35.0 Å². The Morgan fingerprint density at radius 2 is 2.00 bits per heavy atom. The number of esters is 1. The Labute approximate surface area is 171 Å². The number of aromatic nitrogens is 2. The maximum Gasteiger partial charge on any atom is 0.340 e. The van der Waals surface area contributed by atoms with Gasteiger partial charge in [0.25, 0.3) is 5.91 Å². The first kappa shape index (κ1) is 19.7. The van der Waals surface area contributed by atoms with E-state index in [4.69, 9.17) is 16.3 Å². The number of pyridine rings is 1. The van der Waals surface area contributed by atoms with E-state index in [0.717, 1.165) is 11.3 Å². The summed E-state index contributed by atoms with van der Waals surface area (Å²) in [5, 5.41) is 2.65. The van der Waals surface area contributed by atoms with Crippen LogP contribution in [0.25, 0.3) is 11.3 Å². The van der Waals surface area contributed by atoms with Crippen LogP contribution in [0.5, 0.6) is 0 Å². The number of anilines is 1. The fourth-order valence-electron chi connectivity index (χ4n) is 2.33. The third-order valence-corrected chi connectivity index (χ3v) is 4.78. The van der Waals surface area contributed by atoms with Crippen LogP contribution in [0.1, 0.15) is 10.4 Å². The molecule has 3 aromatic rings. The van der Waals surface area contributed by atoms with Gasteiger partial charge in [0.15, 0.2) is 11.7 Å². The van der Waals surface area contributed by atoms with Crippen molar-refractivity contribution in [2.75, 3.05) is 18.1 Å². The first-order valence-electron chi connectivity index (χ1n) is 8.29. The minimum Gasteiger partial charge on any atom is -0.452 e. The maximum atomic E-state index is 12.6. The van der Waals surface area contributed by atoms with E-state index in [1.807, 2.05) is 35.7 Å². The lowest BCUT2D eigenvalue weighted by Crippen LogP contribution is -2.34. The fraction of sp³-hybridized carbons (Fsp3) is 0.100. The molecule has 1 aromatic carbocycles. The van der Waals surface area contributed by atoms with Gasteiger partial charge in [0.05, 0.1) is 11.3 Å². The Hall–Kier alpha value is -3.03. The van der Waals surface area contributed by atoms with Gasteiger partial charge in [-0.1, -0.05) is 48.0 Å². The second-order valence-electron chi connectivity index (χ2n) is 5.62. The lowest BCUT2D eigenvalue weighted by atomic mass is 10.2. The second kappa shape index (κ2) is 9.25. The first-order chi connectivity index (χ1) is 13.6. The van der Waals surface area contributed by atoms with E-state index in [-0.39, 0.29) is 17.3 Å². The molecule has 0 unspecified atom stereocenters. The summed E-state index contributed by atoms with van der Waals surface area (Å²) in [5.41, 5.74) is 1.94. The number of carbonyl (C=O) groups excluding carboxylic acids is 2. The van der Waals surface area contributed by atoms with Gasteiger partial charge in [0.2, 0.25) is 0 Å². The van der Waals surface area contributed by atoms with Gasteiger partial charge in [-0.3, -0.25) is 9.69 Å². The van der Waals surface area contributed by atoms with Crippen molar-refractivity contribution in [3.8, 4) is 11.3 Å². The largest absolute Gasteiger partial charge is 0.452 e. The molecule has 142 valence electrons. The number of rotatable bonds is 7. The second-order valence-corrected chi connectivity index (χ2v) is 6.84. The third kappa shape index (κ3) is 4.82. The standard InChI is InChI=1S/C20H16ClN3O3S/c1-2-10-24(20-23-16(13-28-20)14-6-4-3-5-7-14)18(25)12-27-19(26)15-8-9-17(21)22-11-15/h2-9,11,13H,1,10,12H2. The molecular weight excluding hydrogens is 398 g/mol. The van der Waals surface area contributed by atoms with Crippen LogP contribution < -0.4 is 4.90 Å². The van der Waals surface area contributed by atoms with Crippen molar-refractivity contribution < 1.29 is 14.3 Å². The first-order valence-corrected chi connectivity index (χ1v) is 9.55. The minimum absolute atomic E-state index is 0.216. The summed E-state index contributed by atoms with van der Waals surface area (Å²) >= 11 is 7.03. The van der Waals surface area contributed by atoms with Gasteiger partial charge in [0, 0.05) is 23.7 Å². The highest BCUT2D eigenvalue weighted by Crippen LogP contribution is 2.27. The molecule has 0 aliphatic rings. The Kier molecular flexibility index (Phi) is 6.52. The highest BCUT2D eigenvalue weighted by Gasteiger charge is 2.20. The fourth-order valence-corrected chi connectivity index (χ4v) is 3.30. The Balaban J connectivity index is 1.69. The predicted octanol–water partition coefficient (Wildman–Crippen LogP) is 4.23.